The van der Waals surface area contributed by atoms with Gasteiger partial charge < -0.3 is 19.5 Å². The predicted molar refractivity (Wildman–Crippen MR) is 108 cm³/mol. The molecule has 1 amide bonds. The van der Waals surface area contributed by atoms with Crippen LogP contribution in [-0.4, -0.2) is 30.2 Å². The minimum Gasteiger partial charge on any atom is -0.493 e. The van der Waals surface area contributed by atoms with Gasteiger partial charge in [-0.2, -0.15) is 0 Å². The van der Waals surface area contributed by atoms with Crippen molar-refractivity contribution in [3.05, 3.63) is 48.3 Å². The molecule has 0 bridgehead atoms. The minimum atomic E-state index is -0.439. The van der Waals surface area contributed by atoms with Crippen LogP contribution in [0.1, 0.15) is 44.6 Å². The topological polar surface area (TPSA) is 69.7 Å². The van der Waals surface area contributed by atoms with Crippen molar-refractivity contribution in [2.24, 2.45) is 0 Å². The molecule has 0 radical (unpaired) electrons. The molecule has 1 aromatic carbocycles. The molecule has 1 heterocycles. The first-order chi connectivity index (χ1) is 13.7. The molecule has 2 aromatic rings. The fraction of sp³-hybridized carbons (Fsp3) is 0.455. The Balaban J connectivity index is 1.64. The van der Waals surface area contributed by atoms with Crippen molar-refractivity contribution in [2.45, 2.75) is 57.8 Å². The molecule has 1 unspecified atom stereocenters. The van der Waals surface area contributed by atoms with E-state index in [2.05, 4.69) is 10.3 Å². The second kappa shape index (κ2) is 10.1. The van der Waals surface area contributed by atoms with Gasteiger partial charge in [-0.15, -0.1) is 0 Å². The third-order valence-electron chi connectivity index (χ3n) is 4.90. The summed E-state index contributed by atoms with van der Waals surface area (Å²) >= 11 is 0. The number of amides is 1. The Bertz CT molecular complexity index is 760. The molecule has 1 fully saturated rings. The third-order valence-corrected chi connectivity index (χ3v) is 4.90. The van der Waals surface area contributed by atoms with Gasteiger partial charge in [0.1, 0.15) is 12.7 Å². The molecular weight excluding hydrogens is 356 g/mol. The number of nitrogens with zero attached hydrogens (tertiary/aromatic N) is 1. The number of aromatic nitrogens is 1. The second-order valence-corrected chi connectivity index (χ2v) is 6.94. The van der Waals surface area contributed by atoms with Crippen LogP contribution >= 0.6 is 0 Å². The quantitative estimate of drug-likeness (QED) is 0.696. The van der Waals surface area contributed by atoms with Gasteiger partial charge in [-0.1, -0.05) is 19.8 Å². The molecule has 6 nitrogen and oxygen atoms in total. The van der Waals surface area contributed by atoms with E-state index in [9.17, 15) is 4.79 Å². The van der Waals surface area contributed by atoms with E-state index in [1.165, 1.54) is 12.8 Å². The Morgan fingerprint density at radius 3 is 2.61 bits per heavy atom. The Morgan fingerprint density at radius 2 is 1.93 bits per heavy atom. The smallest absolute Gasteiger partial charge is 0.253 e. The Labute approximate surface area is 166 Å². The van der Waals surface area contributed by atoms with Crippen molar-refractivity contribution in [3.8, 4) is 11.5 Å². The summed E-state index contributed by atoms with van der Waals surface area (Å²) in [5.41, 5.74) is 1.66. The van der Waals surface area contributed by atoms with Gasteiger partial charge in [0.15, 0.2) is 11.5 Å². The van der Waals surface area contributed by atoms with Gasteiger partial charge in [0.05, 0.1) is 13.2 Å². The predicted octanol–water partition coefficient (Wildman–Crippen LogP) is 4.35. The molecule has 1 saturated carbocycles. The fourth-order valence-electron chi connectivity index (χ4n) is 3.33. The number of carbonyl (C=O) groups is 1. The molecule has 1 aliphatic carbocycles. The number of hydrogen-bond acceptors (Lipinski definition) is 5. The molecule has 1 aliphatic rings. The number of hydrogen-bond donors (Lipinski definition) is 1. The number of carbonyl (C=O) groups excluding carboxylic acids is 1. The Hall–Kier alpha value is -2.60. The summed E-state index contributed by atoms with van der Waals surface area (Å²) in [6.07, 6.45) is 8.29. The van der Waals surface area contributed by atoms with E-state index in [0.29, 0.717) is 30.2 Å². The number of nitrogens with one attached hydrogen (secondary N) is 1. The van der Waals surface area contributed by atoms with E-state index >= 15 is 0 Å². The highest BCUT2D eigenvalue weighted by molar-refractivity contribution is 5.94. The summed E-state index contributed by atoms with van der Waals surface area (Å²) in [7, 11) is 1.59. The number of benzene rings is 1. The van der Waals surface area contributed by atoms with E-state index in [1.54, 1.807) is 37.7 Å². The van der Waals surface area contributed by atoms with Crippen molar-refractivity contribution < 1.29 is 19.0 Å². The lowest BCUT2D eigenvalue weighted by atomic mass is 10.2. The highest BCUT2D eigenvalue weighted by Crippen LogP contribution is 2.31. The molecule has 1 atom stereocenters. The van der Waals surface area contributed by atoms with Crippen LogP contribution in [0.5, 0.6) is 11.5 Å². The minimum absolute atomic E-state index is 0.125. The zero-order valence-electron chi connectivity index (χ0n) is 16.5. The summed E-state index contributed by atoms with van der Waals surface area (Å²) in [6, 6.07) is 9.16. The van der Waals surface area contributed by atoms with Crippen molar-refractivity contribution in [1.29, 1.82) is 0 Å². The van der Waals surface area contributed by atoms with Gasteiger partial charge in [0.2, 0.25) is 0 Å². The van der Waals surface area contributed by atoms with E-state index < -0.39 is 6.10 Å². The molecule has 150 valence electrons. The van der Waals surface area contributed by atoms with Crippen molar-refractivity contribution in [2.75, 3.05) is 12.4 Å². The van der Waals surface area contributed by atoms with Crippen LogP contribution < -0.4 is 14.8 Å². The largest absolute Gasteiger partial charge is 0.493 e. The standard InChI is InChI=1S/C22H28N2O4/c1-3-19(28-18-6-4-5-7-18)22(25)24-17-8-9-20(26-2)21(14-17)27-15-16-10-12-23-13-11-16/h8-14,18-19H,3-7,15H2,1-2H3,(H,24,25). The van der Waals surface area contributed by atoms with Crippen molar-refractivity contribution >= 4 is 11.6 Å². The van der Waals surface area contributed by atoms with Crippen LogP contribution in [0.2, 0.25) is 0 Å². The van der Waals surface area contributed by atoms with E-state index in [-0.39, 0.29) is 12.0 Å². The average molecular weight is 384 g/mol. The van der Waals surface area contributed by atoms with Crippen molar-refractivity contribution in [1.82, 2.24) is 4.98 Å². The lowest BCUT2D eigenvalue weighted by Crippen LogP contribution is -2.32. The van der Waals surface area contributed by atoms with Gasteiger partial charge in [-0.25, -0.2) is 0 Å². The summed E-state index contributed by atoms with van der Waals surface area (Å²) in [5.74, 6) is 1.06. The second-order valence-electron chi connectivity index (χ2n) is 6.94. The molecule has 0 spiro atoms. The molecule has 1 aromatic heterocycles. The van der Waals surface area contributed by atoms with Crippen LogP contribution in [-0.2, 0) is 16.1 Å². The normalized spacial score (nSPS) is 15.2. The molecule has 6 heteroatoms. The van der Waals surface area contributed by atoms with Crippen LogP contribution in [0, 0.1) is 0 Å². The third kappa shape index (κ3) is 5.45. The summed E-state index contributed by atoms with van der Waals surface area (Å²) in [6.45, 7) is 2.36. The van der Waals surface area contributed by atoms with Gasteiger partial charge in [-0.05, 0) is 49.1 Å². The Kier molecular flexibility index (Phi) is 7.25. The summed E-state index contributed by atoms with van der Waals surface area (Å²) < 4.78 is 17.3. The molecule has 1 N–H and O–H groups in total. The van der Waals surface area contributed by atoms with E-state index in [4.69, 9.17) is 14.2 Å². The number of methoxy groups -OCH3 is 1. The maximum atomic E-state index is 12.7. The van der Waals surface area contributed by atoms with Crippen LogP contribution in [0.3, 0.4) is 0 Å². The lowest BCUT2D eigenvalue weighted by Gasteiger charge is -2.20. The highest BCUT2D eigenvalue weighted by atomic mass is 16.5. The molecule has 0 aliphatic heterocycles. The zero-order valence-corrected chi connectivity index (χ0v) is 16.5. The van der Waals surface area contributed by atoms with Gasteiger partial charge in [-0.3, -0.25) is 9.78 Å². The first kappa shape index (κ1) is 20.1. The maximum absolute atomic E-state index is 12.7. The van der Waals surface area contributed by atoms with Crippen LogP contribution in [0.4, 0.5) is 5.69 Å². The van der Waals surface area contributed by atoms with E-state index in [1.807, 2.05) is 19.1 Å². The molecule has 28 heavy (non-hydrogen) atoms. The zero-order chi connectivity index (χ0) is 19.8. The van der Waals surface area contributed by atoms with Crippen LogP contribution in [0.25, 0.3) is 0 Å². The first-order valence-electron chi connectivity index (χ1n) is 9.85. The van der Waals surface area contributed by atoms with Gasteiger partial charge >= 0.3 is 0 Å². The number of rotatable bonds is 9. The average Bonchev–Trinajstić information content (AvgIpc) is 3.24. The summed E-state index contributed by atoms with van der Waals surface area (Å²) in [5, 5.41) is 2.95. The monoisotopic (exact) mass is 384 g/mol. The number of ether oxygens (including phenoxy) is 3. The molecular formula is C22H28N2O4. The van der Waals surface area contributed by atoms with Gasteiger partial charge in [0, 0.05) is 24.1 Å². The summed E-state index contributed by atoms with van der Waals surface area (Å²) in [4.78, 5) is 16.7. The van der Waals surface area contributed by atoms with Gasteiger partial charge in [0.25, 0.3) is 5.91 Å². The van der Waals surface area contributed by atoms with Crippen LogP contribution in [0.15, 0.2) is 42.7 Å². The SMILES string of the molecule is CCC(OC1CCCC1)C(=O)Nc1ccc(OC)c(OCc2ccncc2)c1. The number of pyridine rings is 1. The maximum Gasteiger partial charge on any atom is 0.253 e. The lowest BCUT2D eigenvalue weighted by molar-refractivity contribution is -0.131. The molecule has 3 rings (SSSR count). The Morgan fingerprint density at radius 1 is 1.18 bits per heavy atom. The molecule has 0 saturated heterocycles. The first-order valence-corrected chi connectivity index (χ1v) is 9.85. The highest BCUT2D eigenvalue weighted by Gasteiger charge is 2.24. The number of anilines is 1. The van der Waals surface area contributed by atoms with Crippen molar-refractivity contribution in [3.63, 3.8) is 0 Å². The fourth-order valence-corrected chi connectivity index (χ4v) is 3.33. The van der Waals surface area contributed by atoms with E-state index in [0.717, 1.165) is 18.4 Å².